The molecule has 2 aromatic rings. The summed E-state index contributed by atoms with van der Waals surface area (Å²) in [5.41, 5.74) is 6.74. The van der Waals surface area contributed by atoms with Gasteiger partial charge in [-0.3, -0.25) is 4.79 Å². The summed E-state index contributed by atoms with van der Waals surface area (Å²) in [6, 6.07) is 14.4. The maximum Gasteiger partial charge on any atom is 0.226 e. The van der Waals surface area contributed by atoms with E-state index < -0.39 is 0 Å². The van der Waals surface area contributed by atoms with E-state index >= 15 is 0 Å². The molecule has 0 aliphatic rings. The van der Waals surface area contributed by atoms with E-state index in [0.717, 1.165) is 5.56 Å². The number of carbonyl (C=O) groups is 1. The van der Waals surface area contributed by atoms with Crippen molar-refractivity contribution < 1.29 is 4.79 Å². The highest BCUT2D eigenvalue weighted by Gasteiger charge is 2.21. The molecule has 2 N–H and O–H groups in total. The van der Waals surface area contributed by atoms with Crippen molar-refractivity contribution in [2.45, 2.75) is 20.3 Å². The van der Waals surface area contributed by atoms with Gasteiger partial charge in [0.05, 0.1) is 6.42 Å². The number of benzene rings is 2. The fourth-order valence-corrected chi connectivity index (χ4v) is 2.45. The van der Waals surface area contributed by atoms with Crippen molar-refractivity contribution in [3.63, 3.8) is 0 Å². The molecule has 0 fully saturated rings. The lowest BCUT2D eigenvalue weighted by atomic mass is 9.93. The van der Waals surface area contributed by atoms with Crippen LogP contribution in [0.3, 0.4) is 0 Å². The number of halogens is 1. The van der Waals surface area contributed by atoms with Crippen molar-refractivity contribution in [3.8, 4) is 0 Å². The monoisotopic (exact) mass is 320 g/mol. The van der Waals surface area contributed by atoms with E-state index in [1.807, 2.05) is 25.2 Å². The van der Waals surface area contributed by atoms with Gasteiger partial charge in [0, 0.05) is 13.6 Å². The highest BCUT2D eigenvalue weighted by molar-refractivity contribution is 5.86. The van der Waals surface area contributed by atoms with Crippen molar-refractivity contribution >= 4 is 29.1 Å². The van der Waals surface area contributed by atoms with Gasteiger partial charge in [-0.15, -0.1) is 12.4 Å². The zero-order valence-electron chi connectivity index (χ0n) is 13.5. The second-order valence-corrected chi connectivity index (χ2v) is 6.48. The van der Waals surface area contributed by atoms with E-state index in [9.17, 15) is 4.79 Å². The van der Waals surface area contributed by atoms with Crippen LogP contribution in [0.15, 0.2) is 42.5 Å². The average molecular weight is 321 g/mol. The van der Waals surface area contributed by atoms with Crippen LogP contribution in [0.25, 0.3) is 10.8 Å². The van der Waals surface area contributed by atoms with Crippen LogP contribution in [0.5, 0.6) is 0 Å². The molecule has 22 heavy (non-hydrogen) atoms. The van der Waals surface area contributed by atoms with Crippen LogP contribution in [-0.4, -0.2) is 30.9 Å². The molecule has 0 atom stereocenters. The summed E-state index contributed by atoms with van der Waals surface area (Å²) in [6.07, 6.45) is 0.433. The molecular formula is C18H25ClN2O. The first-order chi connectivity index (χ1) is 9.91. The molecule has 4 heteroatoms. The molecule has 2 aromatic carbocycles. The first-order valence-electron chi connectivity index (χ1n) is 7.33. The molecule has 0 radical (unpaired) electrons. The Labute approximate surface area is 138 Å². The van der Waals surface area contributed by atoms with E-state index in [1.165, 1.54) is 10.8 Å². The fourth-order valence-electron chi connectivity index (χ4n) is 2.45. The number of rotatable bonds is 5. The second-order valence-electron chi connectivity index (χ2n) is 6.48. The Morgan fingerprint density at radius 2 is 1.77 bits per heavy atom. The molecule has 0 saturated heterocycles. The lowest BCUT2D eigenvalue weighted by Gasteiger charge is -2.29. The van der Waals surface area contributed by atoms with Gasteiger partial charge < -0.3 is 10.6 Å². The van der Waals surface area contributed by atoms with Crippen molar-refractivity contribution in [3.05, 3.63) is 48.0 Å². The molecular weight excluding hydrogens is 296 g/mol. The quantitative estimate of drug-likeness (QED) is 0.919. The number of amides is 1. The van der Waals surface area contributed by atoms with Crippen molar-refractivity contribution in [2.24, 2.45) is 11.1 Å². The number of hydrogen-bond donors (Lipinski definition) is 1. The molecule has 0 bridgehead atoms. The molecule has 2 rings (SSSR count). The molecule has 0 aliphatic carbocycles. The van der Waals surface area contributed by atoms with E-state index in [2.05, 4.69) is 38.1 Å². The number of nitrogens with two attached hydrogens (primary N) is 1. The maximum atomic E-state index is 12.3. The molecule has 120 valence electrons. The van der Waals surface area contributed by atoms with Gasteiger partial charge in [-0.05, 0) is 28.3 Å². The largest absolute Gasteiger partial charge is 0.345 e. The standard InChI is InChI=1S/C18H24N2O.ClH/c1-18(2,12-19)13-20(3)17(21)11-14-8-9-15-6-4-5-7-16(15)10-14;/h4-10H,11-13,19H2,1-3H3;1H. The van der Waals surface area contributed by atoms with Crippen LogP contribution >= 0.6 is 12.4 Å². The molecule has 3 nitrogen and oxygen atoms in total. The van der Waals surface area contributed by atoms with Gasteiger partial charge in [0.2, 0.25) is 5.91 Å². The summed E-state index contributed by atoms with van der Waals surface area (Å²) in [7, 11) is 1.85. The molecule has 0 unspecified atom stereocenters. The van der Waals surface area contributed by atoms with E-state index in [-0.39, 0.29) is 23.7 Å². The maximum absolute atomic E-state index is 12.3. The number of carbonyl (C=O) groups excluding carboxylic acids is 1. The minimum Gasteiger partial charge on any atom is -0.345 e. The number of fused-ring (bicyclic) bond motifs is 1. The third-order valence-electron chi connectivity index (χ3n) is 3.81. The van der Waals surface area contributed by atoms with E-state index in [0.29, 0.717) is 19.5 Å². The molecule has 0 heterocycles. The smallest absolute Gasteiger partial charge is 0.226 e. The van der Waals surface area contributed by atoms with Gasteiger partial charge in [0.15, 0.2) is 0 Å². The highest BCUT2D eigenvalue weighted by Crippen LogP contribution is 2.18. The van der Waals surface area contributed by atoms with E-state index in [4.69, 9.17) is 5.73 Å². The van der Waals surface area contributed by atoms with Crippen LogP contribution in [0.2, 0.25) is 0 Å². The van der Waals surface area contributed by atoms with Gasteiger partial charge in [0.25, 0.3) is 0 Å². The van der Waals surface area contributed by atoms with Crippen molar-refractivity contribution in [1.82, 2.24) is 4.90 Å². The van der Waals surface area contributed by atoms with Crippen LogP contribution in [0, 0.1) is 5.41 Å². The zero-order chi connectivity index (χ0) is 15.5. The first kappa shape index (κ1) is 18.5. The summed E-state index contributed by atoms with van der Waals surface area (Å²) in [4.78, 5) is 14.1. The summed E-state index contributed by atoms with van der Waals surface area (Å²) in [5.74, 6) is 0.131. The molecule has 0 aromatic heterocycles. The van der Waals surface area contributed by atoms with Crippen LogP contribution < -0.4 is 5.73 Å². The topological polar surface area (TPSA) is 46.3 Å². The SMILES string of the molecule is CN(CC(C)(C)CN)C(=O)Cc1ccc2ccccc2c1.Cl. The van der Waals surface area contributed by atoms with Crippen LogP contribution in [0.4, 0.5) is 0 Å². The Hall–Kier alpha value is -1.58. The van der Waals surface area contributed by atoms with Gasteiger partial charge in [-0.1, -0.05) is 56.3 Å². The predicted molar refractivity (Wildman–Crippen MR) is 95.4 cm³/mol. The minimum atomic E-state index is -0.0478. The summed E-state index contributed by atoms with van der Waals surface area (Å²) in [5, 5.41) is 2.37. The van der Waals surface area contributed by atoms with Crippen LogP contribution in [0.1, 0.15) is 19.4 Å². The Kier molecular flexibility index (Phi) is 6.39. The average Bonchev–Trinajstić information content (AvgIpc) is 2.46. The van der Waals surface area contributed by atoms with Crippen molar-refractivity contribution in [2.75, 3.05) is 20.1 Å². The third-order valence-corrected chi connectivity index (χ3v) is 3.81. The van der Waals surface area contributed by atoms with Gasteiger partial charge in [0.1, 0.15) is 0 Å². The molecule has 0 aliphatic heterocycles. The Bertz CT molecular complexity index is 640. The normalized spacial score (nSPS) is 11.1. The fraction of sp³-hybridized carbons (Fsp3) is 0.389. The zero-order valence-corrected chi connectivity index (χ0v) is 14.3. The molecule has 0 spiro atoms. The number of hydrogen-bond acceptors (Lipinski definition) is 2. The van der Waals surface area contributed by atoms with E-state index in [1.54, 1.807) is 4.90 Å². The second kappa shape index (κ2) is 7.61. The lowest BCUT2D eigenvalue weighted by molar-refractivity contribution is -0.130. The predicted octanol–water partition coefficient (Wildman–Crippen LogP) is 3.25. The Balaban J connectivity index is 0.00000242. The van der Waals surface area contributed by atoms with Crippen molar-refractivity contribution in [1.29, 1.82) is 0 Å². The number of likely N-dealkylation sites (N-methyl/N-ethyl adjacent to an activating group) is 1. The summed E-state index contributed by atoms with van der Waals surface area (Å²) in [6.45, 7) is 5.40. The van der Waals surface area contributed by atoms with Gasteiger partial charge >= 0.3 is 0 Å². The third kappa shape index (κ3) is 4.72. The first-order valence-corrected chi connectivity index (χ1v) is 7.33. The minimum absolute atomic E-state index is 0. The summed E-state index contributed by atoms with van der Waals surface area (Å²) >= 11 is 0. The van der Waals surface area contributed by atoms with Gasteiger partial charge in [-0.2, -0.15) is 0 Å². The van der Waals surface area contributed by atoms with Crippen LogP contribution in [-0.2, 0) is 11.2 Å². The molecule has 0 saturated carbocycles. The Morgan fingerprint density at radius 1 is 1.14 bits per heavy atom. The lowest BCUT2D eigenvalue weighted by Crippen LogP contribution is -2.40. The van der Waals surface area contributed by atoms with Gasteiger partial charge in [-0.25, -0.2) is 0 Å². The molecule has 1 amide bonds. The highest BCUT2D eigenvalue weighted by atomic mass is 35.5. The number of nitrogens with zero attached hydrogens (tertiary/aromatic N) is 1. The summed E-state index contributed by atoms with van der Waals surface area (Å²) < 4.78 is 0. The Morgan fingerprint density at radius 3 is 2.41 bits per heavy atom.